The van der Waals surface area contributed by atoms with E-state index in [0.29, 0.717) is 16.3 Å². The van der Waals surface area contributed by atoms with Crippen molar-refractivity contribution in [1.29, 1.82) is 0 Å². The number of amides is 1. The third-order valence-electron chi connectivity index (χ3n) is 3.96. The number of ether oxygens (including phenoxy) is 1. The summed E-state index contributed by atoms with van der Waals surface area (Å²) in [6.45, 7) is 1.70. The Labute approximate surface area is 151 Å². The average molecular weight is 362 g/mol. The quantitative estimate of drug-likeness (QED) is 0.820. The lowest BCUT2D eigenvalue weighted by Crippen LogP contribution is -2.43. The van der Waals surface area contributed by atoms with Crippen LogP contribution < -0.4 is 4.74 Å². The molecule has 2 rings (SSSR count). The first-order valence-electron chi connectivity index (χ1n) is 7.81. The monoisotopic (exact) mass is 361 g/mol. The highest BCUT2D eigenvalue weighted by Crippen LogP contribution is 2.27. The number of carboxylic acids is 1. The van der Waals surface area contributed by atoms with Gasteiger partial charge in [0.1, 0.15) is 11.8 Å². The van der Waals surface area contributed by atoms with Crippen LogP contribution in [-0.4, -0.2) is 35.0 Å². The van der Waals surface area contributed by atoms with Crippen LogP contribution >= 0.6 is 11.6 Å². The number of hydrogen-bond acceptors (Lipinski definition) is 3. The molecular formula is C19H20ClNO4. The Balaban J connectivity index is 2.28. The van der Waals surface area contributed by atoms with E-state index in [9.17, 15) is 14.7 Å². The summed E-state index contributed by atoms with van der Waals surface area (Å²) >= 11 is 6.19. The van der Waals surface area contributed by atoms with Crippen molar-refractivity contribution in [3.05, 3.63) is 64.7 Å². The van der Waals surface area contributed by atoms with E-state index in [0.717, 1.165) is 5.56 Å². The van der Waals surface area contributed by atoms with E-state index in [1.54, 1.807) is 18.2 Å². The van der Waals surface area contributed by atoms with Crippen LogP contribution in [0.1, 0.15) is 18.1 Å². The molecule has 1 unspecified atom stereocenters. The highest BCUT2D eigenvalue weighted by atomic mass is 35.5. The zero-order valence-electron chi connectivity index (χ0n) is 14.1. The molecular weight excluding hydrogens is 342 g/mol. The van der Waals surface area contributed by atoms with Gasteiger partial charge in [0.25, 0.3) is 0 Å². The van der Waals surface area contributed by atoms with Crippen LogP contribution in [0.4, 0.5) is 0 Å². The van der Waals surface area contributed by atoms with Crippen LogP contribution in [0.25, 0.3) is 0 Å². The van der Waals surface area contributed by atoms with Gasteiger partial charge in [-0.3, -0.25) is 4.79 Å². The van der Waals surface area contributed by atoms with E-state index in [4.69, 9.17) is 16.3 Å². The Morgan fingerprint density at radius 2 is 1.84 bits per heavy atom. The van der Waals surface area contributed by atoms with E-state index in [2.05, 4.69) is 0 Å². The summed E-state index contributed by atoms with van der Waals surface area (Å²) < 4.78 is 5.26. The third-order valence-corrected chi connectivity index (χ3v) is 4.32. The second kappa shape index (κ2) is 8.53. The lowest BCUT2D eigenvalue weighted by molar-refractivity contribution is -0.149. The maximum atomic E-state index is 12.8. The molecule has 25 heavy (non-hydrogen) atoms. The standard InChI is InChI=1S/C19H20ClNO4/c1-13(19(23)24)21(12-14-7-4-3-5-8-14)18(22)11-15-16(20)9-6-10-17(15)25-2/h3-10,13H,11-12H2,1-2H3,(H,23,24). The van der Waals surface area contributed by atoms with Gasteiger partial charge in [0.15, 0.2) is 0 Å². The van der Waals surface area contributed by atoms with Crippen molar-refractivity contribution in [2.45, 2.75) is 25.9 Å². The minimum atomic E-state index is -1.06. The third kappa shape index (κ3) is 4.73. The summed E-state index contributed by atoms with van der Waals surface area (Å²) in [6.07, 6.45) is -0.0344. The van der Waals surface area contributed by atoms with Gasteiger partial charge < -0.3 is 14.7 Å². The van der Waals surface area contributed by atoms with Crippen molar-refractivity contribution in [1.82, 2.24) is 4.90 Å². The zero-order valence-corrected chi connectivity index (χ0v) is 14.9. The highest BCUT2D eigenvalue weighted by molar-refractivity contribution is 6.31. The first kappa shape index (κ1) is 18.8. The van der Waals surface area contributed by atoms with Crippen LogP contribution in [0.15, 0.2) is 48.5 Å². The molecule has 6 heteroatoms. The number of nitrogens with zero attached hydrogens (tertiary/aromatic N) is 1. The minimum Gasteiger partial charge on any atom is -0.496 e. The van der Waals surface area contributed by atoms with Crippen molar-refractivity contribution >= 4 is 23.5 Å². The van der Waals surface area contributed by atoms with Gasteiger partial charge in [-0.05, 0) is 24.6 Å². The van der Waals surface area contributed by atoms with Crippen LogP contribution in [-0.2, 0) is 22.6 Å². The van der Waals surface area contributed by atoms with Crippen LogP contribution in [0.3, 0.4) is 0 Å². The van der Waals surface area contributed by atoms with Crippen LogP contribution in [0.5, 0.6) is 5.75 Å². The largest absolute Gasteiger partial charge is 0.496 e. The van der Waals surface area contributed by atoms with Crippen molar-refractivity contribution in [3.8, 4) is 5.75 Å². The lowest BCUT2D eigenvalue weighted by atomic mass is 10.1. The number of carboxylic acid groups (broad SMARTS) is 1. The summed E-state index contributed by atoms with van der Waals surface area (Å²) in [5, 5.41) is 9.77. The number of carbonyl (C=O) groups excluding carboxylic acids is 1. The smallest absolute Gasteiger partial charge is 0.326 e. The van der Waals surface area contributed by atoms with E-state index in [1.165, 1.54) is 18.9 Å². The van der Waals surface area contributed by atoms with Gasteiger partial charge in [0.2, 0.25) is 5.91 Å². The Hall–Kier alpha value is -2.53. The fourth-order valence-corrected chi connectivity index (χ4v) is 2.74. The summed E-state index contributed by atoms with van der Waals surface area (Å²) in [5.74, 6) is -0.885. The van der Waals surface area contributed by atoms with Gasteiger partial charge in [-0.25, -0.2) is 4.79 Å². The SMILES string of the molecule is COc1cccc(Cl)c1CC(=O)N(Cc1ccccc1)C(C)C(=O)O. The number of benzene rings is 2. The van der Waals surface area contributed by atoms with E-state index in [1.807, 2.05) is 30.3 Å². The summed E-state index contributed by atoms with van der Waals surface area (Å²) in [6, 6.07) is 13.4. The molecule has 0 spiro atoms. The Kier molecular flexibility index (Phi) is 6.42. The number of hydrogen-bond donors (Lipinski definition) is 1. The molecule has 132 valence electrons. The lowest BCUT2D eigenvalue weighted by Gasteiger charge is -2.27. The second-order valence-corrected chi connectivity index (χ2v) is 6.03. The molecule has 1 N–H and O–H groups in total. The predicted molar refractivity (Wildman–Crippen MR) is 95.8 cm³/mol. The molecule has 1 amide bonds. The molecule has 0 aliphatic rings. The van der Waals surface area contributed by atoms with Gasteiger partial charge in [0.05, 0.1) is 13.5 Å². The molecule has 0 radical (unpaired) electrons. The van der Waals surface area contributed by atoms with Gasteiger partial charge in [-0.1, -0.05) is 48.0 Å². The molecule has 0 fully saturated rings. The fourth-order valence-electron chi connectivity index (χ4n) is 2.51. The van der Waals surface area contributed by atoms with E-state index in [-0.39, 0.29) is 18.9 Å². The number of rotatable bonds is 7. The van der Waals surface area contributed by atoms with E-state index < -0.39 is 12.0 Å². The van der Waals surface area contributed by atoms with Crippen molar-refractivity contribution in [2.24, 2.45) is 0 Å². The first-order valence-corrected chi connectivity index (χ1v) is 8.19. The van der Waals surface area contributed by atoms with Gasteiger partial charge in [-0.2, -0.15) is 0 Å². The highest BCUT2D eigenvalue weighted by Gasteiger charge is 2.27. The number of halogens is 1. The molecule has 1 atom stereocenters. The molecule has 0 bridgehead atoms. The minimum absolute atomic E-state index is 0.0344. The van der Waals surface area contributed by atoms with Crippen LogP contribution in [0, 0.1) is 0 Å². The van der Waals surface area contributed by atoms with Gasteiger partial charge in [-0.15, -0.1) is 0 Å². The van der Waals surface area contributed by atoms with Crippen molar-refractivity contribution in [2.75, 3.05) is 7.11 Å². The predicted octanol–water partition coefficient (Wildman–Crippen LogP) is 3.39. The Morgan fingerprint density at radius 1 is 1.16 bits per heavy atom. The molecule has 0 aromatic heterocycles. The Bertz CT molecular complexity index is 748. The molecule has 2 aromatic carbocycles. The maximum absolute atomic E-state index is 12.8. The molecule has 0 aliphatic carbocycles. The summed E-state index contributed by atoms with van der Waals surface area (Å²) in [7, 11) is 1.50. The molecule has 0 saturated heterocycles. The first-order chi connectivity index (χ1) is 11.9. The number of carbonyl (C=O) groups is 2. The normalized spacial score (nSPS) is 11.6. The number of aliphatic carboxylic acids is 1. The summed E-state index contributed by atoms with van der Waals surface area (Å²) in [4.78, 5) is 25.6. The fraction of sp³-hybridized carbons (Fsp3) is 0.263. The molecule has 0 saturated carbocycles. The van der Waals surface area contributed by atoms with E-state index >= 15 is 0 Å². The topological polar surface area (TPSA) is 66.8 Å². The van der Waals surface area contributed by atoms with Crippen LogP contribution in [0.2, 0.25) is 5.02 Å². The number of methoxy groups -OCH3 is 1. The molecule has 5 nitrogen and oxygen atoms in total. The summed E-state index contributed by atoms with van der Waals surface area (Å²) in [5.41, 5.74) is 1.40. The average Bonchev–Trinajstić information content (AvgIpc) is 2.61. The second-order valence-electron chi connectivity index (χ2n) is 5.62. The molecule has 0 aliphatic heterocycles. The van der Waals surface area contributed by atoms with Crippen molar-refractivity contribution in [3.63, 3.8) is 0 Å². The Morgan fingerprint density at radius 3 is 2.44 bits per heavy atom. The van der Waals surface area contributed by atoms with Gasteiger partial charge >= 0.3 is 5.97 Å². The van der Waals surface area contributed by atoms with Crippen molar-refractivity contribution < 1.29 is 19.4 Å². The molecule has 2 aromatic rings. The maximum Gasteiger partial charge on any atom is 0.326 e. The zero-order chi connectivity index (χ0) is 18.4. The van der Waals surface area contributed by atoms with Gasteiger partial charge in [0, 0.05) is 17.1 Å². The molecule has 0 heterocycles.